The fourth-order valence-electron chi connectivity index (χ4n) is 2.01. The minimum atomic E-state index is 0.0188. The van der Waals surface area contributed by atoms with Crippen molar-refractivity contribution in [3.8, 4) is 5.75 Å². The zero-order chi connectivity index (χ0) is 16.9. The molecule has 1 aromatic rings. The number of carbonyl (C=O) groups excluding carboxylic acids is 1. The Morgan fingerprint density at radius 1 is 1.09 bits per heavy atom. The van der Waals surface area contributed by atoms with Crippen LogP contribution in [0.4, 0.5) is 0 Å². The van der Waals surface area contributed by atoms with Crippen LogP contribution in [0.2, 0.25) is 0 Å². The first-order chi connectivity index (χ1) is 11.2. The van der Waals surface area contributed by atoms with Gasteiger partial charge >= 0.3 is 0 Å². The number of nitrogens with one attached hydrogen (secondary N) is 1. The molecular formula is C17H28N2O4. The molecule has 0 bridgehead atoms. The normalized spacial score (nSPS) is 10.8. The van der Waals surface area contributed by atoms with Crippen molar-refractivity contribution in [1.29, 1.82) is 0 Å². The maximum absolute atomic E-state index is 11.9. The average Bonchev–Trinajstić information content (AvgIpc) is 2.54. The van der Waals surface area contributed by atoms with Crippen LogP contribution in [0, 0.1) is 0 Å². The topological polar surface area (TPSA) is 60.0 Å². The van der Waals surface area contributed by atoms with Crippen LogP contribution in [0.15, 0.2) is 24.3 Å². The van der Waals surface area contributed by atoms with E-state index in [1.165, 1.54) is 0 Å². The lowest BCUT2D eigenvalue weighted by Crippen LogP contribution is -2.35. The molecule has 0 fully saturated rings. The molecule has 0 spiro atoms. The SMILES string of the molecule is COCCCN(C)CC(=O)NCc1ccc(OCCOC)cc1. The standard InChI is InChI=1S/C17H28N2O4/c1-19(9-4-10-21-2)14-17(20)18-13-15-5-7-16(8-6-15)23-12-11-22-3/h5-8H,4,9-14H2,1-3H3,(H,18,20). The Hall–Kier alpha value is -1.63. The third-order valence-electron chi connectivity index (χ3n) is 3.27. The summed E-state index contributed by atoms with van der Waals surface area (Å²) in [5, 5.41) is 2.92. The predicted molar refractivity (Wildman–Crippen MR) is 89.6 cm³/mol. The molecular weight excluding hydrogens is 296 g/mol. The van der Waals surface area contributed by atoms with Gasteiger partial charge in [0.05, 0.1) is 13.2 Å². The third-order valence-corrected chi connectivity index (χ3v) is 3.27. The van der Waals surface area contributed by atoms with Crippen LogP contribution in [-0.2, 0) is 20.8 Å². The summed E-state index contributed by atoms with van der Waals surface area (Å²) < 4.78 is 15.4. The van der Waals surface area contributed by atoms with Crippen molar-refractivity contribution in [3.05, 3.63) is 29.8 Å². The van der Waals surface area contributed by atoms with Gasteiger partial charge in [0.15, 0.2) is 0 Å². The molecule has 0 aliphatic carbocycles. The quantitative estimate of drug-likeness (QED) is 0.587. The fraction of sp³-hybridized carbons (Fsp3) is 0.588. The zero-order valence-corrected chi connectivity index (χ0v) is 14.3. The van der Waals surface area contributed by atoms with Gasteiger partial charge in [0.25, 0.3) is 0 Å². The largest absolute Gasteiger partial charge is 0.491 e. The lowest BCUT2D eigenvalue weighted by atomic mass is 10.2. The number of benzene rings is 1. The molecule has 1 aromatic carbocycles. The number of hydrogen-bond acceptors (Lipinski definition) is 5. The molecule has 1 amide bonds. The molecule has 6 heteroatoms. The Morgan fingerprint density at radius 3 is 2.43 bits per heavy atom. The van der Waals surface area contributed by atoms with Crippen LogP contribution in [0.5, 0.6) is 5.75 Å². The number of nitrogens with zero attached hydrogens (tertiary/aromatic N) is 1. The van der Waals surface area contributed by atoms with E-state index in [1.54, 1.807) is 14.2 Å². The predicted octanol–water partition coefficient (Wildman–Crippen LogP) is 1.30. The lowest BCUT2D eigenvalue weighted by molar-refractivity contribution is -0.122. The average molecular weight is 324 g/mol. The van der Waals surface area contributed by atoms with Crippen molar-refractivity contribution < 1.29 is 19.0 Å². The summed E-state index contributed by atoms with van der Waals surface area (Å²) in [6.07, 6.45) is 0.921. The number of hydrogen-bond donors (Lipinski definition) is 1. The molecule has 1 rings (SSSR count). The third kappa shape index (κ3) is 9.18. The molecule has 0 aliphatic heterocycles. The second-order valence-corrected chi connectivity index (χ2v) is 5.35. The molecule has 0 aliphatic rings. The van der Waals surface area contributed by atoms with Gasteiger partial charge in [0.1, 0.15) is 12.4 Å². The van der Waals surface area contributed by atoms with E-state index in [0.29, 0.717) is 32.9 Å². The molecule has 0 heterocycles. The van der Waals surface area contributed by atoms with Crippen LogP contribution in [-0.4, -0.2) is 65.0 Å². The molecule has 6 nitrogen and oxygen atoms in total. The van der Waals surface area contributed by atoms with Crippen molar-refractivity contribution in [2.75, 3.05) is 54.2 Å². The van der Waals surface area contributed by atoms with E-state index in [2.05, 4.69) is 5.32 Å². The lowest BCUT2D eigenvalue weighted by Gasteiger charge is -2.16. The van der Waals surface area contributed by atoms with Gasteiger partial charge in [-0.15, -0.1) is 0 Å². The minimum Gasteiger partial charge on any atom is -0.491 e. The van der Waals surface area contributed by atoms with Gasteiger partial charge in [-0.2, -0.15) is 0 Å². The van der Waals surface area contributed by atoms with Crippen LogP contribution in [0.25, 0.3) is 0 Å². The van der Waals surface area contributed by atoms with Gasteiger partial charge in [-0.3, -0.25) is 9.69 Å². The molecule has 1 N–H and O–H groups in total. The summed E-state index contributed by atoms with van der Waals surface area (Å²) in [7, 11) is 5.26. The van der Waals surface area contributed by atoms with Crippen LogP contribution < -0.4 is 10.1 Å². The Balaban J connectivity index is 2.24. The van der Waals surface area contributed by atoms with E-state index in [-0.39, 0.29) is 5.91 Å². The van der Waals surface area contributed by atoms with E-state index in [1.807, 2.05) is 36.2 Å². The summed E-state index contributed by atoms with van der Waals surface area (Å²) in [5.41, 5.74) is 1.04. The van der Waals surface area contributed by atoms with Crippen molar-refractivity contribution >= 4 is 5.91 Å². The molecule has 23 heavy (non-hydrogen) atoms. The second kappa shape index (κ2) is 11.9. The number of likely N-dealkylation sites (N-methyl/N-ethyl adjacent to an activating group) is 1. The van der Waals surface area contributed by atoms with Gasteiger partial charge in [0, 0.05) is 33.9 Å². The van der Waals surface area contributed by atoms with Crippen LogP contribution in [0.3, 0.4) is 0 Å². The van der Waals surface area contributed by atoms with Gasteiger partial charge in [-0.05, 0) is 31.2 Å². The number of methoxy groups -OCH3 is 2. The highest BCUT2D eigenvalue weighted by Crippen LogP contribution is 2.11. The molecule has 0 saturated heterocycles. The summed E-state index contributed by atoms with van der Waals surface area (Å²) in [4.78, 5) is 13.9. The molecule has 130 valence electrons. The van der Waals surface area contributed by atoms with E-state index in [4.69, 9.17) is 14.2 Å². The number of carbonyl (C=O) groups is 1. The highest BCUT2D eigenvalue weighted by atomic mass is 16.5. The van der Waals surface area contributed by atoms with Gasteiger partial charge in [-0.1, -0.05) is 12.1 Å². The van der Waals surface area contributed by atoms with Crippen molar-refractivity contribution in [2.24, 2.45) is 0 Å². The van der Waals surface area contributed by atoms with Crippen molar-refractivity contribution in [1.82, 2.24) is 10.2 Å². The first-order valence-corrected chi connectivity index (χ1v) is 7.80. The van der Waals surface area contributed by atoms with Crippen LogP contribution in [0.1, 0.15) is 12.0 Å². The molecule has 0 atom stereocenters. The maximum Gasteiger partial charge on any atom is 0.234 e. The summed E-state index contributed by atoms with van der Waals surface area (Å²) in [5.74, 6) is 0.820. The monoisotopic (exact) mass is 324 g/mol. The Kier molecular flexibility index (Phi) is 10.0. The Bertz CT molecular complexity index is 437. The van der Waals surface area contributed by atoms with Gasteiger partial charge in [-0.25, -0.2) is 0 Å². The molecule has 0 radical (unpaired) electrons. The zero-order valence-electron chi connectivity index (χ0n) is 14.3. The molecule has 0 aromatic heterocycles. The first kappa shape index (κ1) is 19.4. The van der Waals surface area contributed by atoms with E-state index >= 15 is 0 Å². The highest BCUT2D eigenvalue weighted by Gasteiger charge is 2.06. The van der Waals surface area contributed by atoms with Crippen molar-refractivity contribution in [3.63, 3.8) is 0 Å². The maximum atomic E-state index is 11.9. The Labute approximate surface area is 138 Å². The van der Waals surface area contributed by atoms with E-state index in [0.717, 1.165) is 24.3 Å². The minimum absolute atomic E-state index is 0.0188. The smallest absolute Gasteiger partial charge is 0.234 e. The van der Waals surface area contributed by atoms with Crippen molar-refractivity contribution in [2.45, 2.75) is 13.0 Å². The summed E-state index contributed by atoms with van der Waals surface area (Å²) in [6.45, 7) is 3.56. The number of rotatable bonds is 12. The number of amides is 1. The summed E-state index contributed by atoms with van der Waals surface area (Å²) in [6, 6.07) is 7.69. The van der Waals surface area contributed by atoms with Gasteiger partial charge < -0.3 is 19.5 Å². The molecule has 0 saturated carbocycles. The van der Waals surface area contributed by atoms with Gasteiger partial charge in [0.2, 0.25) is 5.91 Å². The highest BCUT2D eigenvalue weighted by molar-refractivity contribution is 5.77. The number of ether oxygens (including phenoxy) is 3. The summed E-state index contributed by atoms with van der Waals surface area (Å²) >= 11 is 0. The molecule has 0 unspecified atom stereocenters. The fourth-order valence-corrected chi connectivity index (χ4v) is 2.01. The van der Waals surface area contributed by atoms with Crippen LogP contribution >= 0.6 is 0 Å². The Morgan fingerprint density at radius 2 is 1.78 bits per heavy atom. The van der Waals surface area contributed by atoms with E-state index < -0.39 is 0 Å². The first-order valence-electron chi connectivity index (χ1n) is 7.80. The second-order valence-electron chi connectivity index (χ2n) is 5.35. The van der Waals surface area contributed by atoms with E-state index in [9.17, 15) is 4.79 Å².